The first-order valence-corrected chi connectivity index (χ1v) is 4.73. The molecule has 1 heterocycles. The first-order chi connectivity index (χ1) is 4.47. The smallest absolute Gasteiger partial charge is 0.0791 e. The Morgan fingerprint density at radius 2 is 2.00 bits per heavy atom. The third kappa shape index (κ3) is 0.735. The van der Waals surface area contributed by atoms with Crippen LogP contribution in [0.1, 0.15) is 5.56 Å². The molecule has 0 saturated heterocycles. The highest BCUT2D eigenvalue weighted by Gasteiger charge is 2.00. The molecular formula is C8H8Si. The first kappa shape index (κ1) is 5.00. The molecule has 0 amide bonds. The monoisotopic (exact) mass is 132 g/mol. The molecule has 1 aliphatic heterocycles. The summed E-state index contributed by atoms with van der Waals surface area (Å²) in [5.41, 5.74) is 3.79. The molecule has 1 aliphatic rings. The molecule has 0 aromatic heterocycles. The summed E-state index contributed by atoms with van der Waals surface area (Å²) in [6.07, 6.45) is 2.24. The molecular weight excluding hydrogens is 124 g/mol. The molecule has 0 saturated carbocycles. The van der Waals surface area contributed by atoms with Crippen LogP contribution < -0.4 is 5.19 Å². The first-order valence-electron chi connectivity index (χ1n) is 3.21. The highest BCUT2D eigenvalue weighted by atomic mass is 28.2. The maximum atomic E-state index is 2.34. The molecule has 9 heavy (non-hydrogen) atoms. The van der Waals surface area contributed by atoms with E-state index in [-0.39, 0.29) is 9.52 Å². The van der Waals surface area contributed by atoms with E-state index in [1.807, 2.05) is 0 Å². The van der Waals surface area contributed by atoms with Gasteiger partial charge in [0.05, 0.1) is 9.52 Å². The third-order valence-electron chi connectivity index (χ3n) is 1.69. The Hall–Kier alpha value is -0.823. The van der Waals surface area contributed by atoms with Gasteiger partial charge in [0, 0.05) is 0 Å². The van der Waals surface area contributed by atoms with Gasteiger partial charge in [0.15, 0.2) is 0 Å². The number of fused-ring (bicyclic) bond motifs is 1. The van der Waals surface area contributed by atoms with Crippen molar-refractivity contribution >= 4 is 20.8 Å². The van der Waals surface area contributed by atoms with Crippen LogP contribution in [0.4, 0.5) is 0 Å². The second kappa shape index (κ2) is 1.85. The van der Waals surface area contributed by atoms with Gasteiger partial charge in [-0.3, -0.25) is 0 Å². The Morgan fingerprint density at radius 3 is 2.89 bits per heavy atom. The van der Waals surface area contributed by atoms with Crippen LogP contribution in [0.2, 0.25) is 0 Å². The van der Waals surface area contributed by atoms with Crippen LogP contribution >= 0.6 is 0 Å². The van der Waals surface area contributed by atoms with Crippen LogP contribution in [0, 0.1) is 0 Å². The van der Waals surface area contributed by atoms with E-state index in [0.29, 0.717) is 0 Å². The van der Waals surface area contributed by atoms with Crippen LogP contribution in [0.3, 0.4) is 0 Å². The number of hydrogen-bond acceptors (Lipinski definition) is 0. The highest BCUT2D eigenvalue weighted by Crippen LogP contribution is 2.02. The lowest BCUT2D eigenvalue weighted by Crippen LogP contribution is -2.09. The molecule has 1 aromatic rings. The van der Waals surface area contributed by atoms with Crippen molar-refractivity contribution in [1.29, 1.82) is 0 Å². The van der Waals surface area contributed by atoms with E-state index >= 15 is 0 Å². The molecule has 0 aliphatic carbocycles. The highest BCUT2D eigenvalue weighted by molar-refractivity contribution is 6.62. The minimum Gasteiger partial charge on any atom is -0.0955 e. The standard InChI is InChI=1S/C8H8Si/c1-2-4-8-7(3-1)5-6-9-8/h1-6H,9H2. The fraction of sp³-hybridized carbons (Fsp3) is 0. The van der Waals surface area contributed by atoms with Crippen LogP contribution in [-0.2, 0) is 0 Å². The van der Waals surface area contributed by atoms with Crippen LogP contribution in [0.5, 0.6) is 0 Å². The molecule has 0 fully saturated rings. The van der Waals surface area contributed by atoms with Gasteiger partial charge in [-0.15, -0.1) is 0 Å². The van der Waals surface area contributed by atoms with E-state index in [0.717, 1.165) is 0 Å². The zero-order chi connectivity index (χ0) is 6.10. The van der Waals surface area contributed by atoms with Gasteiger partial charge in [0.1, 0.15) is 0 Å². The van der Waals surface area contributed by atoms with E-state index < -0.39 is 0 Å². The summed E-state index contributed by atoms with van der Waals surface area (Å²) < 4.78 is 0. The summed E-state index contributed by atoms with van der Waals surface area (Å²) in [5.74, 6) is 0. The number of benzene rings is 1. The van der Waals surface area contributed by atoms with Crippen molar-refractivity contribution in [2.45, 2.75) is 0 Å². The molecule has 0 spiro atoms. The molecule has 0 nitrogen and oxygen atoms in total. The van der Waals surface area contributed by atoms with Crippen molar-refractivity contribution < 1.29 is 0 Å². The lowest BCUT2D eigenvalue weighted by atomic mass is 10.2. The lowest BCUT2D eigenvalue weighted by molar-refractivity contribution is 1.73. The summed E-state index contributed by atoms with van der Waals surface area (Å²) in [5, 5.41) is 1.59. The molecule has 0 atom stereocenters. The summed E-state index contributed by atoms with van der Waals surface area (Å²) >= 11 is 0. The van der Waals surface area contributed by atoms with Gasteiger partial charge in [-0.25, -0.2) is 0 Å². The second-order valence-electron chi connectivity index (χ2n) is 2.31. The molecule has 0 N–H and O–H groups in total. The predicted octanol–water partition coefficient (Wildman–Crippen LogP) is 0.465. The van der Waals surface area contributed by atoms with Crippen molar-refractivity contribution in [3.63, 3.8) is 0 Å². The van der Waals surface area contributed by atoms with Crippen LogP contribution in [0.25, 0.3) is 6.08 Å². The zero-order valence-electron chi connectivity index (χ0n) is 5.17. The average Bonchev–Trinajstić information content (AvgIpc) is 2.33. The van der Waals surface area contributed by atoms with E-state index in [1.54, 1.807) is 5.19 Å². The zero-order valence-corrected chi connectivity index (χ0v) is 6.59. The van der Waals surface area contributed by atoms with E-state index in [9.17, 15) is 0 Å². The maximum absolute atomic E-state index is 2.34. The quantitative estimate of drug-likeness (QED) is 0.450. The van der Waals surface area contributed by atoms with Gasteiger partial charge in [0.25, 0.3) is 0 Å². The molecule has 44 valence electrons. The number of rotatable bonds is 0. The van der Waals surface area contributed by atoms with E-state index in [1.165, 1.54) is 5.56 Å². The summed E-state index contributed by atoms with van der Waals surface area (Å²) in [6.45, 7) is 0. The summed E-state index contributed by atoms with van der Waals surface area (Å²) in [6, 6.07) is 8.65. The van der Waals surface area contributed by atoms with Crippen molar-refractivity contribution in [2.24, 2.45) is 0 Å². The minimum absolute atomic E-state index is 0.0110. The van der Waals surface area contributed by atoms with Crippen molar-refractivity contribution in [3.8, 4) is 0 Å². The Balaban J connectivity index is 2.63. The molecule has 1 heteroatoms. The minimum atomic E-state index is 0.0110. The van der Waals surface area contributed by atoms with Crippen LogP contribution in [-0.4, -0.2) is 9.52 Å². The van der Waals surface area contributed by atoms with Gasteiger partial charge in [-0.05, 0) is 5.56 Å². The second-order valence-corrected chi connectivity index (χ2v) is 3.95. The van der Waals surface area contributed by atoms with Crippen molar-refractivity contribution in [3.05, 3.63) is 35.5 Å². The fourth-order valence-corrected chi connectivity index (χ4v) is 2.56. The molecule has 0 unspecified atom stereocenters. The Labute approximate surface area is 57.0 Å². The van der Waals surface area contributed by atoms with Crippen LogP contribution in [0.15, 0.2) is 30.0 Å². The summed E-state index contributed by atoms with van der Waals surface area (Å²) in [4.78, 5) is 0. The lowest BCUT2D eigenvalue weighted by Gasteiger charge is -1.92. The van der Waals surface area contributed by atoms with Gasteiger partial charge < -0.3 is 0 Å². The van der Waals surface area contributed by atoms with Crippen molar-refractivity contribution in [2.75, 3.05) is 0 Å². The molecule has 0 bridgehead atoms. The Bertz CT molecular complexity index is 250. The van der Waals surface area contributed by atoms with Gasteiger partial charge >= 0.3 is 0 Å². The summed E-state index contributed by atoms with van der Waals surface area (Å²) in [7, 11) is 0.0110. The average molecular weight is 132 g/mol. The SMILES string of the molecule is C1=Cc2ccccc2[SiH2]1. The van der Waals surface area contributed by atoms with Gasteiger partial charge in [-0.2, -0.15) is 0 Å². The van der Waals surface area contributed by atoms with E-state index in [2.05, 4.69) is 36.0 Å². The molecule has 1 aromatic carbocycles. The predicted molar refractivity (Wildman–Crippen MR) is 43.7 cm³/mol. The largest absolute Gasteiger partial charge is 0.0955 e. The van der Waals surface area contributed by atoms with Gasteiger partial charge in [0.2, 0.25) is 0 Å². The molecule has 2 rings (SSSR count). The maximum Gasteiger partial charge on any atom is 0.0791 e. The Kier molecular flexibility index (Phi) is 1.03. The van der Waals surface area contributed by atoms with Gasteiger partial charge in [-0.1, -0.05) is 41.2 Å². The normalized spacial score (nSPS) is 16.4. The third-order valence-corrected chi connectivity index (χ3v) is 3.25. The molecule has 0 radical (unpaired) electrons. The van der Waals surface area contributed by atoms with E-state index in [4.69, 9.17) is 0 Å². The topological polar surface area (TPSA) is 0 Å². The Morgan fingerprint density at radius 1 is 1.11 bits per heavy atom. The number of hydrogen-bond donors (Lipinski definition) is 0. The van der Waals surface area contributed by atoms with Crippen molar-refractivity contribution in [1.82, 2.24) is 0 Å². The fourth-order valence-electron chi connectivity index (χ4n) is 1.20.